The molecule has 0 aliphatic rings. The summed E-state index contributed by atoms with van der Waals surface area (Å²) in [4.78, 5) is 21.3. The largest absolute Gasteiger partial charge is 0.361 e. The first kappa shape index (κ1) is 13.3. The molecular formula is C10H9Cl2N3O2. The number of nitrogens with one attached hydrogen (secondary N) is 2. The molecule has 0 saturated carbocycles. The van der Waals surface area contributed by atoms with E-state index in [9.17, 15) is 9.59 Å². The van der Waals surface area contributed by atoms with Crippen molar-refractivity contribution in [1.82, 2.24) is 10.9 Å². The molecule has 0 aliphatic heterocycles. The number of carbonyl (C=O) groups excluding carboxylic acids is 2. The third-order valence-electron chi connectivity index (χ3n) is 1.80. The second kappa shape index (κ2) is 5.56. The van der Waals surface area contributed by atoms with E-state index in [0.717, 1.165) is 0 Å². The molecule has 0 saturated heterocycles. The van der Waals surface area contributed by atoms with Gasteiger partial charge in [0.05, 0.1) is 10.7 Å². The smallest absolute Gasteiger partial charge is 0.327 e. The Morgan fingerprint density at radius 1 is 1.24 bits per heavy atom. The Balaban J connectivity index is 2.74. The lowest BCUT2D eigenvalue weighted by Gasteiger charge is -2.11. The van der Waals surface area contributed by atoms with Crippen molar-refractivity contribution >= 4 is 40.7 Å². The van der Waals surface area contributed by atoms with E-state index in [1.54, 1.807) is 18.2 Å². The van der Waals surface area contributed by atoms with Crippen molar-refractivity contribution in [2.75, 3.05) is 0 Å². The average Bonchev–Trinajstić information content (AvgIpc) is 2.28. The number of carbonyl (C=O) groups is 2. The van der Waals surface area contributed by atoms with Gasteiger partial charge in [-0.1, -0.05) is 29.8 Å². The van der Waals surface area contributed by atoms with Crippen LogP contribution in [0.25, 0.3) is 5.70 Å². The van der Waals surface area contributed by atoms with Crippen molar-refractivity contribution in [2.45, 2.75) is 0 Å². The Hall–Kier alpha value is -1.72. The molecule has 0 unspecified atom stereocenters. The van der Waals surface area contributed by atoms with Crippen molar-refractivity contribution in [2.24, 2.45) is 5.73 Å². The molecular weight excluding hydrogens is 265 g/mol. The summed E-state index contributed by atoms with van der Waals surface area (Å²) < 4.78 is 0. The Morgan fingerprint density at radius 2 is 1.88 bits per heavy atom. The van der Waals surface area contributed by atoms with Crippen LogP contribution in [-0.4, -0.2) is 11.8 Å². The molecule has 0 aromatic heterocycles. The van der Waals surface area contributed by atoms with Crippen molar-refractivity contribution in [1.29, 1.82) is 0 Å². The number of primary amides is 1. The zero-order valence-electron chi connectivity index (χ0n) is 8.59. The van der Waals surface area contributed by atoms with E-state index in [2.05, 4.69) is 17.4 Å². The zero-order chi connectivity index (χ0) is 13.0. The molecule has 4 N–H and O–H groups in total. The van der Waals surface area contributed by atoms with Crippen LogP contribution in [0.15, 0.2) is 24.8 Å². The second-order valence-corrected chi connectivity index (χ2v) is 3.89. The average molecular weight is 274 g/mol. The summed E-state index contributed by atoms with van der Waals surface area (Å²) in [5.74, 6) is -2.09. The predicted molar refractivity (Wildman–Crippen MR) is 66.0 cm³/mol. The van der Waals surface area contributed by atoms with Crippen LogP contribution in [0.5, 0.6) is 0 Å². The van der Waals surface area contributed by atoms with Crippen LogP contribution in [-0.2, 0) is 9.59 Å². The van der Waals surface area contributed by atoms with Gasteiger partial charge in [0.1, 0.15) is 0 Å². The normalized spacial score (nSPS) is 9.53. The molecule has 0 aliphatic carbocycles. The van der Waals surface area contributed by atoms with Crippen LogP contribution in [0.1, 0.15) is 5.56 Å². The Bertz CT molecular complexity index is 488. The summed E-state index contributed by atoms with van der Waals surface area (Å²) in [6.07, 6.45) is 0. The van der Waals surface area contributed by atoms with Gasteiger partial charge >= 0.3 is 11.8 Å². The maximum Gasteiger partial charge on any atom is 0.327 e. The highest BCUT2D eigenvalue weighted by Crippen LogP contribution is 2.24. The molecule has 0 atom stereocenters. The minimum absolute atomic E-state index is 0.284. The molecule has 0 bridgehead atoms. The van der Waals surface area contributed by atoms with Gasteiger partial charge in [0, 0.05) is 10.6 Å². The zero-order valence-corrected chi connectivity index (χ0v) is 10.1. The van der Waals surface area contributed by atoms with Gasteiger partial charge in [0.15, 0.2) is 0 Å². The highest BCUT2D eigenvalue weighted by molar-refractivity contribution is 6.35. The summed E-state index contributed by atoms with van der Waals surface area (Å²) >= 11 is 11.7. The van der Waals surface area contributed by atoms with Gasteiger partial charge in [-0.05, 0) is 18.2 Å². The van der Waals surface area contributed by atoms with Gasteiger partial charge in [-0.3, -0.25) is 20.4 Å². The van der Waals surface area contributed by atoms with Crippen molar-refractivity contribution in [3.05, 3.63) is 40.4 Å². The van der Waals surface area contributed by atoms with Crippen molar-refractivity contribution in [3.8, 4) is 0 Å². The van der Waals surface area contributed by atoms with E-state index in [1.165, 1.54) is 0 Å². The van der Waals surface area contributed by atoms with Crippen LogP contribution in [0.3, 0.4) is 0 Å². The molecule has 2 amide bonds. The van der Waals surface area contributed by atoms with Gasteiger partial charge in [-0.25, -0.2) is 0 Å². The van der Waals surface area contributed by atoms with Crippen LogP contribution in [0.4, 0.5) is 0 Å². The minimum Gasteiger partial charge on any atom is -0.361 e. The maximum absolute atomic E-state index is 10.9. The number of halogens is 2. The lowest BCUT2D eigenvalue weighted by molar-refractivity contribution is -0.137. The van der Waals surface area contributed by atoms with E-state index in [0.29, 0.717) is 15.6 Å². The van der Waals surface area contributed by atoms with E-state index in [-0.39, 0.29) is 5.70 Å². The Kier molecular flexibility index (Phi) is 4.37. The topological polar surface area (TPSA) is 84.2 Å². The summed E-state index contributed by atoms with van der Waals surface area (Å²) in [5.41, 5.74) is 10.0. The number of hydrogen-bond acceptors (Lipinski definition) is 3. The van der Waals surface area contributed by atoms with Crippen molar-refractivity contribution < 1.29 is 9.59 Å². The van der Waals surface area contributed by atoms with Gasteiger partial charge in [0.25, 0.3) is 0 Å². The highest BCUT2D eigenvalue weighted by Gasteiger charge is 2.10. The number of hydrazine groups is 1. The number of rotatable bonds is 3. The number of nitrogens with two attached hydrogens (primary N) is 1. The Morgan fingerprint density at radius 3 is 2.47 bits per heavy atom. The molecule has 0 heterocycles. The SMILES string of the molecule is C=C(NNC(=O)C(N)=O)c1cc(Cl)ccc1Cl. The monoisotopic (exact) mass is 273 g/mol. The molecule has 7 heteroatoms. The molecule has 0 fully saturated rings. The summed E-state index contributed by atoms with van der Waals surface area (Å²) in [6, 6.07) is 4.76. The molecule has 90 valence electrons. The molecule has 0 spiro atoms. The van der Waals surface area contributed by atoms with Crippen molar-refractivity contribution in [3.63, 3.8) is 0 Å². The van der Waals surface area contributed by atoms with E-state index < -0.39 is 11.8 Å². The Labute approximate surface area is 108 Å². The van der Waals surface area contributed by atoms with E-state index >= 15 is 0 Å². The number of amides is 2. The quantitative estimate of drug-likeness (QED) is 0.569. The fourth-order valence-corrected chi connectivity index (χ4v) is 1.39. The van der Waals surface area contributed by atoms with Gasteiger partial charge in [-0.15, -0.1) is 0 Å². The second-order valence-electron chi connectivity index (χ2n) is 3.05. The fraction of sp³-hybridized carbons (Fsp3) is 0. The molecule has 17 heavy (non-hydrogen) atoms. The first-order valence-electron chi connectivity index (χ1n) is 4.42. The molecule has 1 aromatic rings. The lowest BCUT2D eigenvalue weighted by Crippen LogP contribution is -2.43. The standard InChI is InChI=1S/C10H9Cl2N3O2/c1-5(14-15-10(17)9(13)16)7-4-6(11)2-3-8(7)12/h2-4,14H,1H2,(H2,13,16)(H,15,17). The summed E-state index contributed by atoms with van der Waals surface area (Å²) in [6.45, 7) is 3.64. The lowest BCUT2D eigenvalue weighted by atomic mass is 10.2. The van der Waals surface area contributed by atoms with Crippen LogP contribution < -0.4 is 16.6 Å². The molecule has 1 aromatic carbocycles. The number of hydrogen-bond donors (Lipinski definition) is 3. The van der Waals surface area contributed by atoms with Crippen LogP contribution >= 0.6 is 23.2 Å². The van der Waals surface area contributed by atoms with Gasteiger partial charge in [-0.2, -0.15) is 0 Å². The first-order chi connectivity index (χ1) is 7.91. The fourth-order valence-electron chi connectivity index (χ4n) is 0.990. The molecule has 1 rings (SSSR count). The minimum atomic E-state index is -1.11. The van der Waals surface area contributed by atoms with Gasteiger partial charge in [0.2, 0.25) is 0 Å². The first-order valence-corrected chi connectivity index (χ1v) is 5.17. The van der Waals surface area contributed by atoms with Gasteiger partial charge < -0.3 is 5.73 Å². The van der Waals surface area contributed by atoms with E-state index in [4.69, 9.17) is 28.9 Å². The summed E-state index contributed by atoms with van der Waals surface area (Å²) in [5, 5.41) is 0.869. The summed E-state index contributed by atoms with van der Waals surface area (Å²) in [7, 11) is 0. The third kappa shape index (κ3) is 3.65. The van der Waals surface area contributed by atoms with Crippen LogP contribution in [0.2, 0.25) is 10.0 Å². The third-order valence-corrected chi connectivity index (χ3v) is 2.37. The predicted octanol–water partition coefficient (Wildman–Crippen LogP) is 1.07. The molecule has 0 radical (unpaired) electrons. The van der Waals surface area contributed by atoms with Crippen LogP contribution in [0, 0.1) is 0 Å². The maximum atomic E-state index is 10.9. The highest BCUT2D eigenvalue weighted by atomic mass is 35.5. The van der Waals surface area contributed by atoms with E-state index in [1.807, 2.05) is 0 Å². The molecule has 5 nitrogen and oxygen atoms in total. The number of benzene rings is 1.